The number of hydrogen-bond donors (Lipinski definition) is 1. The average molecular weight is 489 g/mol. The molecule has 0 aromatic heterocycles. The van der Waals surface area contributed by atoms with Gasteiger partial charge in [-0.05, 0) is 48.0 Å². The Balaban J connectivity index is 1.73. The summed E-state index contributed by atoms with van der Waals surface area (Å²) in [5.74, 6) is 0.0563. The number of alkyl halides is 3. The number of benzene rings is 3. The molecule has 3 aromatic carbocycles. The Morgan fingerprint density at radius 1 is 1.00 bits per heavy atom. The second kappa shape index (κ2) is 10.5. The van der Waals surface area contributed by atoms with E-state index >= 15 is 0 Å². The summed E-state index contributed by atoms with van der Waals surface area (Å²) in [4.78, 5) is 22.6. The van der Waals surface area contributed by atoms with Crippen molar-refractivity contribution < 1.29 is 37.1 Å². The Morgan fingerprint density at radius 2 is 1.71 bits per heavy atom. The van der Waals surface area contributed by atoms with Gasteiger partial charge in [0.2, 0.25) is 5.75 Å². The fourth-order valence-electron chi connectivity index (χ4n) is 2.92. The van der Waals surface area contributed by atoms with Crippen molar-refractivity contribution in [3.63, 3.8) is 0 Å². The molecule has 182 valence electrons. The highest BCUT2D eigenvalue weighted by Gasteiger charge is 2.33. The van der Waals surface area contributed by atoms with Crippen LogP contribution in [0.15, 0.2) is 65.8 Å². The fourth-order valence-corrected chi connectivity index (χ4v) is 2.92. The van der Waals surface area contributed by atoms with Crippen LogP contribution in [0.1, 0.15) is 21.5 Å². The van der Waals surface area contributed by atoms with Crippen molar-refractivity contribution in [1.82, 2.24) is 5.43 Å². The summed E-state index contributed by atoms with van der Waals surface area (Å²) >= 11 is 0. The van der Waals surface area contributed by atoms with Gasteiger partial charge in [0, 0.05) is 11.6 Å². The zero-order valence-corrected chi connectivity index (χ0v) is 18.3. The number of amides is 1. The van der Waals surface area contributed by atoms with Gasteiger partial charge in [0.05, 0.1) is 30.9 Å². The number of methoxy groups -OCH3 is 2. The van der Waals surface area contributed by atoms with Crippen LogP contribution < -0.4 is 19.6 Å². The van der Waals surface area contributed by atoms with Crippen molar-refractivity contribution in [2.75, 3.05) is 14.2 Å². The Hall–Kier alpha value is -4.61. The summed E-state index contributed by atoms with van der Waals surface area (Å²) in [5.41, 5.74) is 1.07. The molecule has 3 aromatic rings. The molecule has 0 aliphatic heterocycles. The van der Waals surface area contributed by atoms with Crippen LogP contribution in [0.2, 0.25) is 0 Å². The minimum Gasteiger partial charge on any atom is -0.493 e. The second-order valence-corrected chi connectivity index (χ2v) is 6.88. The third-order valence-electron chi connectivity index (χ3n) is 4.59. The SMILES string of the molecule is COc1ccc(C(=O)N/N=C/c2cccc(Oc3ccc(C(F)(F)F)cc3[N+](=O)[O-])c2)cc1OC. The normalized spacial score (nSPS) is 11.2. The van der Waals surface area contributed by atoms with E-state index in [0.717, 1.165) is 6.07 Å². The number of halogens is 3. The van der Waals surface area contributed by atoms with Gasteiger partial charge in [-0.25, -0.2) is 5.43 Å². The average Bonchev–Trinajstić information content (AvgIpc) is 2.83. The van der Waals surface area contributed by atoms with Gasteiger partial charge in [0.25, 0.3) is 5.91 Å². The number of ether oxygens (including phenoxy) is 3. The predicted molar refractivity (Wildman–Crippen MR) is 119 cm³/mol. The lowest BCUT2D eigenvalue weighted by Gasteiger charge is -2.10. The Kier molecular flexibility index (Phi) is 7.54. The van der Waals surface area contributed by atoms with Crippen LogP contribution in [0.25, 0.3) is 0 Å². The molecule has 3 rings (SSSR count). The predicted octanol–water partition coefficient (Wildman–Crippen LogP) is 5.19. The largest absolute Gasteiger partial charge is 0.493 e. The zero-order chi connectivity index (χ0) is 25.6. The van der Waals surface area contributed by atoms with E-state index in [1.165, 1.54) is 44.7 Å². The number of hydrogen-bond acceptors (Lipinski definition) is 7. The number of nitrogens with zero attached hydrogens (tertiary/aromatic N) is 2. The monoisotopic (exact) mass is 489 g/mol. The molecule has 1 N–H and O–H groups in total. The molecule has 0 radical (unpaired) electrons. The number of carbonyl (C=O) groups excluding carboxylic acids is 1. The molecule has 0 saturated carbocycles. The molecule has 0 aliphatic rings. The van der Waals surface area contributed by atoms with Crippen LogP contribution in [-0.2, 0) is 6.18 Å². The molecular weight excluding hydrogens is 471 g/mol. The van der Waals surface area contributed by atoms with Gasteiger partial charge in [-0.1, -0.05) is 12.1 Å². The summed E-state index contributed by atoms with van der Waals surface area (Å²) < 4.78 is 54.3. The van der Waals surface area contributed by atoms with Gasteiger partial charge < -0.3 is 14.2 Å². The number of rotatable bonds is 8. The molecule has 1 amide bonds. The molecule has 35 heavy (non-hydrogen) atoms. The Morgan fingerprint density at radius 3 is 2.37 bits per heavy atom. The van der Waals surface area contributed by atoms with E-state index in [9.17, 15) is 28.1 Å². The summed E-state index contributed by atoms with van der Waals surface area (Å²) in [6.07, 6.45) is -3.44. The van der Waals surface area contributed by atoms with Gasteiger partial charge >= 0.3 is 11.9 Å². The van der Waals surface area contributed by atoms with Crippen LogP contribution in [0.4, 0.5) is 18.9 Å². The maximum Gasteiger partial charge on any atom is 0.416 e. The van der Waals surface area contributed by atoms with Crippen molar-refractivity contribution >= 4 is 17.8 Å². The van der Waals surface area contributed by atoms with Crippen molar-refractivity contribution in [2.45, 2.75) is 6.18 Å². The number of nitro benzene ring substituents is 1. The molecule has 0 aliphatic carbocycles. The minimum absolute atomic E-state index is 0.114. The fraction of sp³-hybridized carbons (Fsp3) is 0.130. The van der Waals surface area contributed by atoms with Gasteiger partial charge in [-0.3, -0.25) is 14.9 Å². The third kappa shape index (κ3) is 6.25. The second-order valence-electron chi connectivity index (χ2n) is 6.88. The van der Waals surface area contributed by atoms with Crippen LogP contribution in [-0.4, -0.2) is 31.3 Å². The molecule has 12 heteroatoms. The smallest absolute Gasteiger partial charge is 0.416 e. The number of hydrazone groups is 1. The molecular formula is C23H18F3N3O6. The number of carbonyl (C=O) groups is 1. The molecule has 0 fully saturated rings. The van der Waals surface area contributed by atoms with Gasteiger partial charge in [-0.15, -0.1) is 0 Å². The standard InChI is InChI=1S/C23H18F3N3O6/c1-33-20-8-6-15(11-21(20)34-2)22(30)28-27-13-14-4-3-5-17(10-14)35-19-9-7-16(23(24,25)26)12-18(19)29(31)32/h3-13H,1-2H3,(H,28,30)/b27-13+. The van der Waals surface area contributed by atoms with E-state index in [4.69, 9.17) is 14.2 Å². The first-order valence-corrected chi connectivity index (χ1v) is 9.81. The zero-order valence-electron chi connectivity index (χ0n) is 18.3. The first kappa shape index (κ1) is 25.0. The molecule has 9 nitrogen and oxygen atoms in total. The first-order chi connectivity index (χ1) is 16.6. The topological polar surface area (TPSA) is 112 Å². The lowest BCUT2D eigenvalue weighted by atomic mass is 10.2. The van der Waals surface area contributed by atoms with Crippen LogP contribution in [0, 0.1) is 10.1 Å². The summed E-state index contributed by atoms with van der Waals surface area (Å²) in [5, 5.41) is 15.1. The summed E-state index contributed by atoms with van der Waals surface area (Å²) in [7, 11) is 2.90. The van der Waals surface area contributed by atoms with Gasteiger partial charge in [-0.2, -0.15) is 18.3 Å². The number of nitrogens with one attached hydrogen (secondary N) is 1. The van der Waals surface area contributed by atoms with Gasteiger partial charge in [0.15, 0.2) is 11.5 Å². The summed E-state index contributed by atoms with van der Waals surface area (Å²) in [6, 6.07) is 12.6. The van der Waals surface area contributed by atoms with Crippen LogP contribution in [0.5, 0.6) is 23.0 Å². The number of nitro groups is 1. The highest BCUT2D eigenvalue weighted by Crippen LogP contribution is 2.37. The van der Waals surface area contributed by atoms with Crippen molar-refractivity contribution in [3.05, 3.63) is 87.5 Å². The van der Waals surface area contributed by atoms with E-state index < -0.39 is 28.3 Å². The minimum atomic E-state index is -4.74. The maximum absolute atomic E-state index is 12.9. The molecule has 0 spiro atoms. The quantitative estimate of drug-likeness (QED) is 0.265. The van der Waals surface area contributed by atoms with Crippen molar-refractivity contribution in [3.8, 4) is 23.0 Å². The van der Waals surface area contributed by atoms with E-state index in [1.807, 2.05) is 0 Å². The lowest BCUT2D eigenvalue weighted by molar-refractivity contribution is -0.385. The summed E-state index contributed by atoms with van der Waals surface area (Å²) in [6.45, 7) is 0. The highest BCUT2D eigenvalue weighted by molar-refractivity contribution is 5.95. The van der Waals surface area contributed by atoms with Crippen LogP contribution in [0.3, 0.4) is 0 Å². The molecule has 0 bridgehead atoms. The van der Waals surface area contributed by atoms with Crippen molar-refractivity contribution in [1.29, 1.82) is 0 Å². The van der Waals surface area contributed by atoms with Gasteiger partial charge in [0.1, 0.15) is 5.75 Å². The molecule has 0 saturated heterocycles. The first-order valence-electron chi connectivity index (χ1n) is 9.81. The Labute approximate surface area is 196 Å². The van der Waals surface area contributed by atoms with E-state index in [-0.39, 0.29) is 17.1 Å². The van der Waals surface area contributed by atoms with E-state index in [1.54, 1.807) is 18.2 Å². The third-order valence-corrected chi connectivity index (χ3v) is 4.59. The van der Waals surface area contributed by atoms with Crippen molar-refractivity contribution in [2.24, 2.45) is 5.10 Å². The van der Waals surface area contributed by atoms with Crippen LogP contribution >= 0.6 is 0 Å². The molecule has 0 atom stereocenters. The molecule has 0 unspecified atom stereocenters. The lowest BCUT2D eigenvalue weighted by Crippen LogP contribution is -2.17. The maximum atomic E-state index is 12.9. The Bertz CT molecular complexity index is 1280. The van der Waals surface area contributed by atoms with E-state index in [2.05, 4.69) is 10.5 Å². The van der Waals surface area contributed by atoms with E-state index in [0.29, 0.717) is 29.2 Å². The molecule has 0 heterocycles. The highest BCUT2D eigenvalue weighted by atomic mass is 19.4.